The maximum Gasteiger partial charge on any atom is 0.106 e. The van der Waals surface area contributed by atoms with E-state index in [0.29, 0.717) is 6.54 Å². The summed E-state index contributed by atoms with van der Waals surface area (Å²) in [4.78, 5) is 7.96. The molecule has 98 valence electrons. The Kier molecular flexibility index (Phi) is 6.94. The monoisotopic (exact) mass is 237 g/mol. The van der Waals surface area contributed by atoms with Gasteiger partial charge in [0.15, 0.2) is 0 Å². The van der Waals surface area contributed by atoms with Gasteiger partial charge >= 0.3 is 0 Å². The molecule has 0 amide bonds. The summed E-state index contributed by atoms with van der Waals surface area (Å²) < 4.78 is 0. The number of H-pyrrole nitrogens is 1. The van der Waals surface area contributed by atoms with Crippen LogP contribution < -0.4 is 5.73 Å². The van der Waals surface area contributed by atoms with E-state index < -0.39 is 0 Å². The summed E-state index contributed by atoms with van der Waals surface area (Å²) in [5.41, 5.74) is 7.89. The standard InChI is InChI=1S/C14H27N3/c1-3-4-5-6-7-8-9-14-16-12(2)13(17-14)10-11-15/h3-11,15H2,1-2H3,(H,16,17). The molecule has 0 atom stereocenters. The van der Waals surface area contributed by atoms with Gasteiger partial charge in [-0.3, -0.25) is 0 Å². The number of aryl methyl sites for hydroxylation is 2. The summed E-state index contributed by atoms with van der Waals surface area (Å²) in [6.07, 6.45) is 9.98. The SMILES string of the molecule is CCCCCCCCc1nc(CCN)c(C)[nH]1. The van der Waals surface area contributed by atoms with Crippen LogP contribution in [0.25, 0.3) is 0 Å². The third-order valence-corrected chi connectivity index (χ3v) is 3.18. The van der Waals surface area contributed by atoms with Gasteiger partial charge in [-0.25, -0.2) is 4.98 Å². The highest BCUT2D eigenvalue weighted by molar-refractivity contribution is 5.13. The number of hydrogen-bond acceptors (Lipinski definition) is 2. The lowest BCUT2D eigenvalue weighted by molar-refractivity contribution is 0.602. The van der Waals surface area contributed by atoms with E-state index in [1.165, 1.54) is 44.2 Å². The lowest BCUT2D eigenvalue weighted by Gasteiger charge is -1.98. The number of unbranched alkanes of at least 4 members (excludes halogenated alkanes) is 5. The van der Waals surface area contributed by atoms with Crippen molar-refractivity contribution in [2.75, 3.05) is 6.54 Å². The Balaban J connectivity index is 2.20. The molecule has 0 bridgehead atoms. The first kappa shape index (κ1) is 14.2. The van der Waals surface area contributed by atoms with Gasteiger partial charge in [0.25, 0.3) is 0 Å². The summed E-state index contributed by atoms with van der Waals surface area (Å²) in [6.45, 7) is 5.02. The zero-order valence-electron chi connectivity index (χ0n) is 11.4. The number of hydrogen-bond donors (Lipinski definition) is 2. The summed E-state index contributed by atoms with van der Waals surface area (Å²) in [5, 5.41) is 0. The molecular formula is C14H27N3. The molecule has 0 aliphatic rings. The van der Waals surface area contributed by atoms with Crippen LogP contribution in [0.1, 0.15) is 62.7 Å². The van der Waals surface area contributed by atoms with Crippen LogP contribution >= 0.6 is 0 Å². The van der Waals surface area contributed by atoms with Gasteiger partial charge in [0.1, 0.15) is 5.82 Å². The molecule has 1 heterocycles. The Morgan fingerprint density at radius 2 is 1.76 bits per heavy atom. The molecule has 0 fully saturated rings. The van der Waals surface area contributed by atoms with E-state index in [2.05, 4.69) is 23.8 Å². The second-order valence-electron chi connectivity index (χ2n) is 4.81. The Bertz CT molecular complexity index is 304. The molecule has 1 aromatic rings. The third kappa shape index (κ3) is 5.35. The second kappa shape index (κ2) is 8.29. The minimum Gasteiger partial charge on any atom is -0.346 e. The predicted octanol–water partition coefficient (Wildman–Crippen LogP) is 3.12. The molecule has 0 aliphatic carbocycles. The summed E-state index contributed by atoms with van der Waals surface area (Å²) in [7, 11) is 0. The molecule has 0 aliphatic heterocycles. The number of aromatic nitrogens is 2. The van der Waals surface area contributed by atoms with Crippen molar-refractivity contribution in [1.29, 1.82) is 0 Å². The number of nitrogens with two attached hydrogens (primary N) is 1. The summed E-state index contributed by atoms with van der Waals surface area (Å²) >= 11 is 0. The third-order valence-electron chi connectivity index (χ3n) is 3.18. The first-order chi connectivity index (χ1) is 8.27. The van der Waals surface area contributed by atoms with Gasteiger partial charge < -0.3 is 10.7 Å². The van der Waals surface area contributed by atoms with Crippen molar-refractivity contribution in [3.63, 3.8) is 0 Å². The van der Waals surface area contributed by atoms with Crippen LogP contribution in [0.4, 0.5) is 0 Å². The van der Waals surface area contributed by atoms with Gasteiger partial charge in [-0.05, 0) is 19.9 Å². The molecule has 0 spiro atoms. The van der Waals surface area contributed by atoms with Crippen molar-refractivity contribution in [3.05, 3.63) is 17.2 Å². The van der Waals surface area contributed by atoms with Crippen molar-refractivity contribution < 1.29 is 0 Å². The van der Waals surface area contributed by atoms with Crippen LogP contribution in [0.2, 0.25) is 0 Å². The van der Waals surface area contributed by atoms with Crippen molar-refractivity contribution in [3.8, 4) is 0 Å². The molecule has 0 aromatic carbocycles. The van der Waals surface area contributed by atoms with E-state index in [1.54, 1.807) is 0 Å². The molecule has 1 aromatic heterocycles. The fraction of sp³-hybridized carbons (Fsp3) is 0.786. The maximum atomic E-state index is 5.55. The maximum absolute atomic E-state index is 5.55. The Morgan fingerprint density at radius 1 is 1.06 bits per heavy atom. The number of imidazole rings is 1. The normalized spacial score (nSPS) is 11.0. The molecule has 3 nitrogen and oxygen atoms in total. The molecular weight excluding hydrogens is 210 g/mol. The fourth-order valence-electron chi connectivity index (χ4n) is 2.13. The highest BCUT2D eigenvalue weighted by Gasteiger charge is 2.05. The highest BCUT2D eigenvalue weighted by Crippen LogP contribution is 2.10. The average Bonchev–Trinajstić information content (AvgIpc) is 2.65. The second-order valence-corrected chi connectivity index (χ2v) is 4.81. The topological polar surface area (TPSA) is 54.7 Å². The summed E-state index contributed by atoms with van der Waals surface area (Å²) in [5.74, 6) is 1.14. The van der Waals surface area contributed by atoms with Crippen molar-refractivity contribution in [2.24, 2.45) is 5.73 Å². The minimum atomic E-state index is 0.683. The smallest absolute Gasteiger partial charge is 0.106 e. The molecule has 1 rings (SSSR count). The molecule has 3 N–H and O–H groups in total. The van der Waals surface area contributed by atoms with Gasteiger partial charge in [-0.2, -0.15) is 0 Å². The Hall–Kier alpha value is -0.830. The van der Waals surface area contributed by atoms with E-state index >= 15 is 0 Å². The number of rotatable bonds is 9. The van der Waals surface area contributed by atoms with Crippen LogP contribution in [-0.4, -0.2) is 16.5 Å². The van der Waals surface area contributed by atoms with Crippen LogP contribution in [0.15, 0.2) is 0 Å². The zero-order chi connectivity index (χ0) is 12.5. The van der Waals surface area contributed by atoms with E-state index in [1.807, 2.05) is 0 Å². The number of nitrogens with one attached hydrogen (secondary N) is 1. The zero-order valence-corrected chi connectivity index (χ0v) is 11.4. The van der Waals surface area contributed by atoms with Crippen molar-refractivity contribution in [2.45, 2.75) is 65.2 Å². The van der Waals surface area contributed by atoms with Crippen LogP contribution in [0.5, 0.6) is 0 Å². The lowest BCUT2D eigenvalue weighted by atomic mass is 10.1. The quantitative estimate of drug-likeness (QED) is 0.648. The average molecular weight is 237 g/mol. The molecule has 0 saturated carbocycles. The summed E-state index contributed by atoms with van der Waals surface area (Å²) in [6, 6.07) is 0. The largest absolute Gasteiger partial charge is 0.346 e. The van der Waals surface area contributed by atoms with Crippen molar-refractivity contribution in [1.82, 2.24) is 9.97 Å². The molecule has 0 unspecified atom stereocenters. The number of nitrogens with zero attached hydrogens (tertiary/aromatic N) is 1. The predicted molar refractivity (Wildman–Crippen MR) is 73.2 cm³/mol. The minimum absolute atomic E-state index is 0.683. The van der Waals surface area contributed by atoms with Gasteiger partial charge in [-0.1, -0.05) is 39.0 Å². The van der Waals surface area contributed by atoms with E-state index in [-0.39, 0.29) is 0 Å². The number of aromatic amines is 1. The molecule has 3 heteroatoms. The first-order valence-electron chi connectivity index (χ1n) is 7.02. The van der Waals surface area contributed by atoms with E-state index in [4.69, 9.17) is 5.73 Å². The van der Waals surface area contributed by atoms with Crippen LogP contribution in [-0.2, 0) is 12.8 Å². The van der Waals surface area contributed by atoms with Gasteiger partial charge in [-0.15, -0.1) is 0 Å². The van der Waals surface area contributed by atoms with Gasteiger partial charge in [0.05, 0.1) is 5.69 Å². The van der Waals surface area contributed by atoms with Crippen LogP contribution in [0.3, 0.4) is 0 Å². The fourth-order valence-corrected chi connectivity index (χ4v) is 2.13. The van der Waals surface area contributed by atoms with E-state index in [9.17, 15) is 0 Å². The van der Waals surface area contributed by atoms with Crippen LogP contribution in [0, 0.1) is 6.92 Å². The highest BCUT2D eigenvalue weighted by atomic mass is 14.9. The molecule has 17 heavy (non-hydrogen) atoms. The Morgan fingerprint density at radius 3 is 2.47 bits per heavy atom. The van der Waals surface area contributed by atoms with Gasteiger partial charge in [0.2, 0.25) is 0 Å². The Labute approximate surface area is 105 Å². The van der Waals surface area contributed by atoms with Crippen molar-refractivity contribution >= 4 is 0 Å². The lowest BCUT2D eigenvalue weighted by Crippen LogP contribution is -2.04. The van der Waals surface area contributed by atoms with E-state index in [0.717, 1.165) is 24.4 Å². The molecule has 0 saturated heterocycles. The van der Waals surface area contributed by atoms with Gasteiger partial charge in [0, 0.05) is 18.5 Å². The first-order valence-corrected chi connectivity index (χ1v) is 7.02. The molecule has 0 radical (unpaired) electrons.